The van der Waals surface area contributed by atoms with E-state index < -0.39 is 5.60 Å². The number of hydrogen-bond donors (Lipinski definition) is 0. The molecular formula is C13H20N2O2. The SMILES string of the molecule is COC1(C(=O)c2ccn(C)n2)CCC(C)CC1. The molecule has 17 heavy (non-hydrogen) atoms. The molecule has 0 bridgehead atoms. The Hall–Kier alpha value is -1.16. The Balaban J connectivity index is 2.21. The fourth-order valence-corrected chi connectivity index (χ4v) is 2.52. The molecule has 0 radical (unpaired) electrons. The lowest BCUT2D eigenvalue weighted by Crippen LogP contribution is -2.44. The first-order valence-corrected chi connectivity index (χ1v) is 6.17. The quantitative estimate of drug-likeness (QED) is 0.756. The van der Waals surface area contributed by atoms with Crippen molar-refractivity contribution < 1.29 is 9.53 Å². The maximum absolute atomic E-state index is 12.5. The fourth-order valence-electron chi connectivity index (χ4n) is 2.52. The molecule has 94 valence electrons. The highest BCUT2D eigenvalue weighted by Gasteiger charge is 2.42. The summed E-state index contributed by atoms with van der Waals surface area (Å²) in [4.78, 5) is 12.5. The Morgan fingerprint density at radius 1 is 1.53 bits per heavy atom. The van der Waals surface area contributed by atoms with Gasteiger partial charge in [-0.1, -0.05) is 6.92 Å². The van der Waals surface area contributed by atoms with Gasteiger partial charge in [-0.25, -0.2) is 0 Å². The Kier molecular flexibility index (Phi) is 3.33. The largest absolute Gasteiger partial charge is 0.370 e. The third-order valence-electron chi connectivity index (χ3n) is 3.83. The molecule has 1 aromatic heterocycles. The topological polar surface area (TPSA) is 44.1 Å². The van der Waals surface area contributed by atoms with Gasteiger partial charge in [-0.05, 0) is 37.7 Å². The van der Waals surface area contributed by atoms with Crippen molar-refractivity contribution in [1.29, 1.82) is 0 Å². The number of methoxy groups -OCH3 is 1. The molecule has 1 heterocycles. The second-order valence-corrected chi connectivity index (χ2v) is 5.08. The summed E-state index contributed by atoms with van der Waals surface area (Å²) in [6.07, 6.45) is 5.50. The fraction of sp³-hybridized carbons (Fsp3) is 0.692. The number of aromatic nitrogens is 2. The summed E-state index contributed by atoms with van der Waals surface area (Å²) in [6, 6.07) is 1.77. The van der Waals surface area contributed by atoms with Gasteiger partial charge in [0.05, 0.1) is 0 Å². The van der Waals surface area contributed by atoms with Crippen molar-refractivity contribution >= 4 is 5.78 Å². The molecule has 0 aromatic carbocycles. The van der Waals surface area contributed by atoms with Crippen LogP contribution in [0.5, 0.6) is 0 Å². The van der Waals surface area contributed by atoms with Crippen molar-refractivity contribution in [2.45, 2.75) is 38.2 Å². The van der Waals surface area contributed by atoms with E-state index in [0.717, 1.165) is 25.7 Å². The number of nitrogens with zero attached hydrogens (tertiary/aromatic N) is 2. The van der Waals surface area contributed by atoms with Crippen LogP contribution in [-0.2, 0) is 11.8 Å². The minimum atomic E-state index is -0.638. The van der Waals surface area contributed by atoms with Gasteiger partial charge in [0, 0.05) is 20.4 Å². The first-order chi connectivity index (χ1) is 8.07. The number of aryl methyl sites for hydroxylation is 1. The van der Waals surface area contributed by atoms with Gasteiger partial charge in [0.25, 0.3) is 0 Å². The lowest BCUT2D eigenvalue weighted by Gasteiger charge is -2.36. The molecule has 0 saturated heterocycles. The van der Waals surface area contributed by atoms with Gasteiger partial charge in [0.1, 0.15) is 11.3 Å². The van der Waals surface area contributed by atoms with Crippen LogP contribution in [0.15, 0.2) is 12.3 Å². The number of Topliss-reactive ketones (excluding diaryl/α,β-unsaturated/α-hetero) is 1. The minimum absolute atomic E-state index is 0.0347. The molecule has 2 rings (SSSR count). The average Bonchev–Trinajstić information content (AvgIpc) is 2.76. The predicted octanol–water partition coefficient (Wildman–Crippen LogP) is 2.20. The van der Waals surface area contributed by atoms with Gasteiger partial charge in [-0.15, -0.1) is 0 Å². The number of hydrogen-bond acceptors (Lipinski definition) is 3. The van der Waals surface area contributed by atoms with Crippen LogP contribution in [0.2, 0.25) is 0 Å². The molecule has 1 aliphatic carbocycles. The van der Waals surface area contributed by atoms with Crippen molar-refractivity contribution in [3.8, 4) is 0 Å². The van der Waals surface area contributed by atoms with Gasteiger partial charge in [0.15, 0.2) is 0 Å². The molecular weight excluding hydrogens is 216 g/mol. The van der Waals surface area contributed by atoms with Crippen LogP contribution in [0, 0.1) is 5.92 Å². The molecule has 0 unspecified atom stereocenters. The van der Waals surface area contributed by atoms with Crippen molar-refractivity contribution in [3.63, 3.8) is 0 Å². The Morgan fingerprint density at radius 2 is 2.18 bits per heavy atom. The second-order valence-electron chi connectivity index (χ2n) is 5.08. The van der Waals surface area contributed by atoms with E-state index in [1.165, 1.54) is 0 Å². The molecule has 0 amide bonds. The summed E-state index contributed by atoms with van der Waals surface area (Å²) in [5.41, 5.74) is -0.121. The monoisotopic (exact) mass is 236 g/mol. The van der Waals surface area contributed by atoms with Crippen LogP contribution in [0.3, 0.4) is 0 Å². The summed E-state index contributed by atoms with van der Waals surface area (Å²) >= 11 is 0. The van der Waals surface area contributed by atoms with Gasteiger partial charge in [-0.3, -0.25) is 9.48 Å². The first-order valence-electron chi connectivity index (χ1n) is 6.17. The summed E-state index contributed by atoms with van der Waals surface area (Å²) in [7, 11) is 3.45. The minimum Gasteiger partial charge on any atom is -0.370 e. The van der Waals surface area contributed by atoms with Gasteiger partial charge >= 0.3 is 0 Å². The molecule has 0 aliphatic heterocycles. The zero-order valence-corrected chi connectivity index (χ0v) is 10.8. The van der Waals surface area contributed by atoms with Crippen LogP contribution in [0.1, 0.15) is 43.1 Å². The Morgan fingerprint density at radius 3 is 2.65 bits per heavy atom. The van der Waals surface area contributed by atoms with Crippen LogP contribution in [0.25, 0.3) is 0 Å². The summed E-state index contributed by atoms with van der Waals surface area (Å²) in [5.74, 6) is 0.724. The van der Waals surface area contributed by atoms with E-state index in [0.29, 0.717) is 11.6 Å². The van der Waals surface area contributed by atoms with E-state index >= 15 is 0 Å². The summed E-state index contributed by atoms with van der Waals surface area (Å²) < 4.78 is 7.21. The summed E-state index contributed by atoms with van der Waals surface area (Å²) in [5, 5.41) is 4.18. The van der Waals surface area contributed by atoms with Gasteiger partial charge in [0.2, 0.25) is 5.78 Å². The zero-order valence-electron chi connectivity index (χ0n) is 10.8. The second kappa shape index (κ2) is 4.61. The van der Waals surface area contributed by atoms with Crippen LogP contribution >= 0.6 is 0 Å². The van der Waals surface area contributed by atoms with Gasteiger partial charge in [-0.2, -0.15) is 5.10 Å². The number of carbonyl (C=O) groups excluding carboxylic acids is 1. The first kappa shape index (κ1) is 12.3. The highest BCUT2D eigenvalue weighted by Crippen LogP contribution is 2.36. The van der Waals surface area contributed by atoms with E-state index in [1.807, 2.05) is 7.05 Å². The van der Waals surface area contributed by atoms with E-state index in [1.54, 1.807) is 24.1 Å². The molecule has 1 saturated carbocycles. The van der Waals surface area contributed by atoms with Crippen molar-refractivity contribution in [3.05, 3.63) is 18.0 Å². The average molecular weight is 236 g/mol. The molecule has 1 aliphatic rings. The molecule has 0 N–H and O–H groups in total. The maximum atomic E-state index is 12.5. The van der Waals surface area contributed by atoms with Gasteiger partial charge < -0.3 is 4.74 Å². The lowest BCUT2D eigenvalue weighted by atomic mass is 9.76. The smallest absolute Gasteiger partial charge is 0.214 e. The third-order valence-corrected chi connectivity index (χ3v) is 3.83. The standard InChI is InChI=1S/C13H20N2O2/c1-10-4-7-13(17-3,8-5-10)12(16)11-6-9-15(2)14-11/h6,9-10H,4-5,7-8H2,1-3H3. The van der Waals surface area contributed by atoms with E-state index in [-0.39, 0.29) is 5.78 Å². The van der Waals surface area contributed by atoms with E-state index in [9.17, 15) is 4.79 Å². The maximum Gasteiger partial charge on any atom is 0.214 e. The van der Waals surface area contributed by atoms with E-state index in [2.05, 4.69) is 12.0 Å². The van der Waals surface area contributed by atoms with Crippen LogP contribution in [0.4, 0.5) is 0 Å². The van der Waals surface area contributed by atoms with Crippen molar-refractivity contribution in [2.75, 3.05) is 7.11 Å². The third kappa shape index (κ3) is 2.27. The number of carbonyl (C=O) groups is 1. The normalized spacial score (nSPS) is 29.2. The highest BCUT2D eigenvalue weighted by atomic mass is 16.5. The Labute approximate surface area is 102 Å². The molecule has 4 heteroatoms. The number of ketones is 1. The highest BCUT2D eigenvalue weighted by molar-refractivity contribution is 6.01. The number of rotatable bonds is 3. The van der Waals surface area contributed by atoms with Crippen LogP contribution in [-0.4, -0.2) is 28.3 Å². The molecule has 1 fully saturated rings. The molecule has 0 atom stereocenters. The van der Waals surface area contributed by atoms with Crippen molar-refractivity contribution in [1.82, 2.24) is 9.78 Å². The number of ether oxygens (including phenoxy) is 1. The summed E-state index contributed by atoms with van der Waals surface area (Å²) in [6.45, 7) is 2.23. The predicted molar refractivity (Wildman–Crippen MR) is 64.9 cm³/mol. The molecule has 0 spiro atoms. The zero-order chi connectivity index (χ0) is 12.5. The Bertz CT molecular complexity index is 403. The van der Waals surface area contributed by atoms with Crippen molar-refractivity contribution in [2.24, 2.45) is 13.0 Å². The van der Waals surface area contributed by atoms with E-state index in [4.69, 9.17) is 4.74 Å². The molecule has 1 aromatic rings. The van der Waals surface area contributed by atoms with Crippen LogP contribution < -0.4 is 0 Å². The lowest BCUT2D eigenvalue weighted by molar-refractivity contribution is -0.0266. The molecule has 4 nitrogen and oxygen atoms in total.